The van der Waals surface area contributed by atoms with Crippen molar-refractivity contribution in [2.45, 2.75) is 4.90 Å². The van der Waals surface area contributed by atoms with Gasteiger partial charge in [-0.05, 0) is 48.5 Å². The van der Waals surface area contributed by atoms with Gasteiger partial charge in [0.05, 0.1) is 14.9 Å². The molecule has 1 amide bonds. The first-order valence-electron chi connectivity index (χ1n) is 8.29. The van der Waals surface area contributed by atoms with Gasteiger partial charge in [0.15, 0.2) is 0 Å². The number of carbonyl (C=O) groups excluding carboxylic acids is 1. The number of hydrogen-bond acceptors (Lipinski definition) is 5. The van der Waals surface area contributed by atoms with Crippen molar-refractivity contribution < 1.29 is 17.6 Å². The highest BCUT2D eigenvalue weighted by atomic mass is 35.5. The lowest BCUT2D eigenvalue weighted by molar-refractivity contribution is -0.112. The predicted octanol–water partition coefficient (Wildman–Crippen LogP) is 4.45. The number of hydrogen-bond donors (Lipinski definition) is 2. The van der Waals surface area contributed by atoms with Gasteiger partial charge in [0.25, 0.3) is 5.91 Å². The van der Waals surface area contributed by atoms with Crippen molar-refractivity contribution in [3.63, 3.8) is 0 Å². The minimum Gasteiger partial charge on any atom is -0.457 e. The van der Waals surface area contributed by atoms with Crippen molar-refractivity contribution in [1.82, 2.24) is 0 Å². The number of rotatable bonds is 5. The van der Waals surface area contributed by atoms with E-state index in [1.54, 1.807) is 36.4 Å². The molecule has 10 heteroatoms. The lowest BCUT2D eigenvalue weighted by atomic mass is 10.2. The summed E-state index contributed by atoms with van der Waals surface area (Å²) in [5, 5.41) is 17.6. The van der Waals surface area contributed by atoms with Gasteiger partial charge in [0.2, 0.25) is 10.0 Å². The lowest BCUT2D eigenvalue weighted by Gasteiger charge is -2.05. The minimum atomic E-state index is -3.84. The Balaban J connectivity index is 1.81. The molecule has 7 nitrogen and oxygen atoms in total. The summed E-state index contributed by atoms with van der Waals surface area (Å²) in [5.41, 5.74) is 0.643. The molecule has 2 aromatic carbocycles. The van der Waals surface area contributed by atoms with Gasteiger partial charge in [-0.2, -0.15) is 5.26 Å². The number of carbonyl (C=O) groups is 1. The van der Waals surface area contributed by atoms with Crippen molar-refractivity contribution in [2.75, 3.05) is 5.32 Å². The Morgan fingerprint density at radius 3 is 2.43 bits per heavy atom. The molecule has 0 spiro atoms. The summed E-state index contributed by atoms with van der Waals surface area (Å²) in [6.45, 7) is 0. The summed E-state index contributed by atoms with van der Waals surface area (Å²) in [7, 11) is -3.84. The molecular weight excluding hydrogens is 449 g/mol. The summed E-state index contributed by atoms with van der Waals surface area (Å²) in [6.07, 6.45) is 1.27. The van der Waals surface area contributed by atoms with Gasteiger partial charge in [-0.15, -0.1) is 0 Å². The van der Waals surface area contributed by atoms with Crippen molar-refractivity contribution in [1.29, 1.82) is 5.26 Å². The third kappa shape index (κ3) is 4.90. The van der Waals surface area contributed by atoms with Crippen molar-refractivity contribution in [2.24, 2.45) is 5.14 Å². The maximum Gasteiger partial charge on any atom is 0.266 e. The highest BCUT2D eigenvalue weighted by Crippen LogP contribution is 2.34. The van der Waals surface area contributed by atoms with E-state index in [4.69, 9.17) is 32.8 Å². The molecule has 0 aliphatic carbocycles. The zero-order valence-corrected chi connectivity index (χ0v) is 17.4. The molecule has 0 saturated carbocycles. The first-order chi connectivity index (χ1) is 14.2. The van der Waals surface area contributed by atoms with Crippen LogP contribution >= 0.6 is 23.2 Å². The number of nitrogens with one attached hydrogen (secondary N) is 1. The number of benzene rings is 2. The summed E-state index contributed by atoms with van der Waals surface area (Å²) >= 11 is 12.2. The maximum absolute atomic E-state index is 12.4. The molecule has 3 rings (SSSR count). The normalized spacial score (nSPS) is 11.7. The SMILES string of the molecule is N#CC(=Cc1ccc(-c2cccc(Cl)c2Cl)o1)C(=O)Nc1ccc(S(N)(=O)=O)cc1. The molecule has 0 atom stereocenters. The van der Waals surface area contributed by atoms with E-state index in [1.807, 2.05) is 0 Å². The molecular formula is C20H13Cl2N3O4S. The van der Waals surface area contributed by atoms with Crippen LogP contribution in [-0.4, -0.2) is 14.3 Å². The molecule has 0 saturated heterocycles. The second kappa shape index (κ2) is 8.73. The second-order valence-corrected chi connectivity index (χ2v) is 8.34. The molecule has 3 aromatic rings. The number of anilines is 1. The summed E-state index contributed by atoms with van der Waals surface area (Å²) in [6, 6.07) is 15.3. The quantitative estimate of drug-likeness (QED) is 0.428. The van der Waals surface area contributed by atoms with Crippen LogP contribution < -0.4 is 10.5 Å². The number of nitrogens with zero attached hydrogens (tertiary/aromatic N) is 1. The standard InChI is InChI=1S/C20H13Cl2N3O4S/c21-17-3-1-2-16(19(17)22)18-9-6-14(29-18)10-12(11-23)20(26)25-13-4-7-15(8-5-13)30(24,27)28/h1-10H,(H,25,26)(H2,24,27,28). The van der Waals surface area contributed by atoms with Crippen LogP contribution in [0.4, 0.5) is 5.69 Å². The molecule has 0 fully saturated rings. The lowest BCUT2D eigenvalue weighted by Crippen LogP contribution is -2.14. The molecule has 0 aliphatic heterocycles. The fourth-order valence-electron chi connectivity index (χ4n) is 2.49. The van der Waals surface area contributed by atoms with Crippen LogP contribution in [0.15, 0.2) is 69.5 Å². The first-order valence-corrected chi connectivity index (χ1v) is 10.6. The molecule has 0 unspecified atom stereocenters. The third-order valence-corrected chi connectivity index (χ3v) is 5.68. The van der Waals surface area contributed by atoms with Crippen LogP contribution in [0.3, 0.4) is 0 Å². The van der Waals surface area contributed by atoms with E-state index in [9.17, 15) is 18.5 Å². The molecule has 152 valence electrons. The van der Waals surface area contributed by atoms with Crippen molar-refractivity contribution in [3.8, 4) is 17.4 Å². The van der Waals surface area contributed by atoms with E-state index in [2.05, 4.69) is 5.32 Å². The monoisotopic (exact) mass is 461 g/mol. The van der Waals surface area contributed by atoms with Gasteiger partial charge < -0.3 is 9.73 Å². The van der Waals surface area contributed by atoms with Gasteiger partial charge in [-0.3, -0.25) is 4.79 Å². The van der Waals surface area contributed by atoms with Crippen LogP contribution in [0, 0.1) is 11.3 Å². The van der Waals surface area contributed by atoms with Crippen molar-refractivity contribution >= 4 is 50.9 Å². The molecule has 30 heavy (non-hydrogen) atoms. The zero-order chi connectivity index (χ0) is 21.9. The number of sulfonamides is 1. The van der Waals surface area contributed by atoms with E-state index in [-0.39, 0.29) is 16.2 Å². The van der Waals surface area contributed by atoms with Gasteiger partial charge in [0.1, 0.15) is 23.2 Å². The highest BCUT2D eigenvalue weighted by molar-refractivity contribution is 7.89. The third-order valence-electron chi connectivity index (χ3n) is 3.94. The molecule has 3 N–H and O–H groups in total. The number of nitrogens with two attached hydrogens (primary N) is 1. The average Bonchev–Trinajstić information content (AvgIpc) is 3.16. The van der Waals surface area contributed by atoms with Gasteiger partial charge in [0, 0.05) is 17.3 Å². The van der Waals surface area contributed by atoms with Gasteiger partial charge in [-0.1, -0.05) is 29.3 Å². The Morgan fingerprint density at radius 1 is 1.10 bits per heavy atom. The molecule has 0 bridgehead atoms. The Morgan fingerprint density at radius 2 is 1.80 bits per heavy atom. The van der Waals surface area contributed by atoms with Crippen LogP contribution in [-0.2, 0) is 14.8 Å². The van der Waals surface area contributed by atoms with Crippen LogP contribution in [0.1, 0.15) is 5.76 Å². The van der Waals surface area contributed by atoms with E-state index in [0.29, 0.717) is 27.1 Å². The number of halogens is 2. The van der Waals surface area contributed by atoms with E-state index in [0.717, 1.165) is 0 Å². The summed E-state index contributed by atoms with van der Waals surface area (Å²) < 4.78 is 28.2. The number of amides is 1. The fourth-order valence-corrected chi connectivity index (χ4v) is 3.40. The number of nitriles is 1. The Hall–Kier alpha value is -3.09. The Labute approximate surface area is 182 Å². The highest BCUT2D eigenvalue weighted by Gasteiger charge is 2.14. The molecule has 0 radical (unpaired) electrons. The number of primary sulfonamides is 1. The zero-order valence-electron chi connectivity index (χ0n) is 15.1. The van der Waals surface area contributed by atoms with Crippen LogP contribution in [0.5, 0.6) is 0 Å². The summed E-state index contributed by atoms with van der Waals surface area (Å²) in [4.78, 5) is 12.3. The van der Waals surface area contributed by atoms with E-state index >= 15 is 0 Å². The largest absolute Gasteiger partial charge is 0.457 e. The molecule has 0 aliphatic rings. The van der Waals surface area contributed by atoms with Gasteiger partial charge in [-0.25, -0.2) is 13.6 Å². The number of furan rings is 1. The van der Waals surface area contributed by atoms with Crippen LogP contribution in [0.2, 0.25) is 10.0 Å². The van der Waals surface area contributed by atoms with E-state index in [1.165, 1.54) is 30.3 Å². The minimum absolute atomic E-state index is 0.0978. The van der Waals surface area contributed by atoms with E-state index < -0.39 is 15.9 Å². The molecule has 1 heterocycles. The average molecular weight is 462 g/mol. The molecule has 1 aromatic heterocycles. The maximum atomic E-state index is 12.4. The summed E-state index contributed by atoms with van der Waals surface area (Å²) in [5.74, 6) is -0.0121. The Bertz CT molecular complexity index is 1290. The smallest absolute Gasteiger partial charge is 0.266 e. The fraction of sp³-hybridized carbons (Fsp3) is 0. The Kier molecular flexibility index (Phi) is 6.29. The van der Waals surface area contributed by atoms with Gasteiger partial charge >= 0.3 is 0 Å². The van der Waals surface area contributed by atoms with Crippen LogP contribution in [0.25, 0.3) is 17.4 Å². The topological polar surface area (TPSA) is 126 Å². The van der Waals surface area contributed by atoms with Crippen molar-refractivity contribution in [3.05, 3.63) is 76.0 Å². The predicted molar refractivity (Wildman–Crippen MR) is 114 cm³/mol. The first kappa shape index (κ1) is 21.6. The second-order valence-electron chi connectivity index (χ2n) is 6.00.